The normalized spacial score (nSPS) is 10.4. The third-order valence-electron chi connectivity index (χ3n) is 1.81. The molecule has 0 aliphatic heterocycles. The van der Waals surface area contributed by atoms with Crippen LogP contribution in [0.1, 0.15) is 0 Å². The van der Waals surface area contributed by atoms with Gasteiger partial charge in [-0.05, 0) is 28.1 Å². The molecule has 0 radical (unpaired) electrons. The van der Waals surface area contributed by atoms with Crippen molar-refractivity contribution in [2.45, 2.75) is 0 Å². The molecule has 1 heterocycles. The highest BCUT2D eigenvalue weighted by molar-refractivity contribution is 9.10. The van der Waals surface area contributed by atoms with Gasteiger partial charge in [-0.25, -0.2) is 18.7 Å². The molecule has 0 fully saturated rings. The lowest BCUT2D eigenvalue weighted by Crippen LogP contribution is -1.94. The predicted molar refractivity (Wildman–Crippen MR) is 61.2 cm³/mol. The van der Waals surface area contributed by atoms with Crippen LogP contribution in [0.3, 0.4) is 0 Å². The van der Waals surface area contributed by atoms with Gasteiger partial charge in [0.05, 0.1) is 0 Å². The third kappa shape index (κ3) is 2.70. The fraction of sp³-hybridized carbons (Fsp3) is 0. The highest BCUT2D eigenvalue weighted by atomic mass is 79.9. The molecule has 0 unspecified atom stereocenters. The number of hydrogen-bond donors (Lipinski definition) is 0. The molecule has 1 aromatic carbocycles. The number of rotatable bonds is 2. The first-order valence-electron chi connectivity index (χ1n) is 4.37. The van der Waals surface area contributed by atoms with E-state index < -0.39 is 11.6 Å². The van der Waals surface area contributed by atoms with Crippen molar-refractivity contribution >= 4 is 27.5 Å². The first kappa shape index (κ1) is 12.2. The average Bonchev–Trinajstić information content (AvgIpc) is 2.30. The van der Waals surface area contributed by atoms with E-state index in [1.165, 1.54) is 0 Å². The van der Waals surface area contributed by atoms with Gasteiger partial charge in [0.1, 0.15) is 16.6 Å². The van der Waals surface area contributed by atoms with Crippen LogP contribution in [0.5, 0.6) is 11.6 Å². The SMILES string of the molecule is Fc1ccc(F)c(Oc2ncnc(Cl)c2Br)c1. The van der Waals surface area contributed by atoms with Gasteiger partial charge in [0, 0.05) is 6.07 Å². The maximum atomic E-state index is 13.3. The van der Waals surface area contributed by atoms with Crippen LogP contribution < -0.4 is 4.74 Å². The highest BCUT2D eigenvalue weighted by Gasteiger charge is 2.12. The van der Waals surface area contributed by atoms with E-state index in [1.54, 1.807) is 0 Å². The molecule has 7 heteroatoms. The second-order valence-electron chi connectivity index (χ2n) is 2.96. The van der Waals surface area contributed by atoms with Crippen molar-refractivity contribution in [1.29, 1.82) is 0 Å². The van der Waals surface area contributed by atoms with Crippen LogP contribution in [0.25, 0.3) is 0 Å². The Morgan fingerprint density at radius 3 is 2.76 bits per heavy atom. The van der Waals surface area contributed by atoms with Gasteiger partial charge in [0.15, 0.2) is 16.7 Å². The summed E-state index contributed by atoms with van der Waals surface area (Å²) in [5, 5.41) is 0.117. The molecule has 0 aliphatic rings. The van der Waals surface area contributed by atoms with Gasteiger partial charge in [-0.1, -0.05) is 11.6 Å². The summed E-state index contributed by atoms with van der Waals surface area (Å²) >= 11 is 8.79. The van der Waals surface area contributed by atoms with Crippen molar-refractivity contribution < 1.29 is 13.5 Å². The average molecular weight is 322 g/mol. The molecule has 1 aromatic heterocycles. The Balaban J connectivity index is 2.38. The minimum absolute atomic E-state index is 0.00880. The van der Waals surface area contributed by atoms with E-state index >= 15 is 0 Å². The Labute approximate surface area is 109 Å². The fourth-order valence-corrected chi connectivity index (χ4v) is 1.47. The number of hydrogen-bond acceptors (Lipinski definition) is 3. The van der Waals surface area contributed by atoms with Crippen LogP contribution in [0, 0.1) is 11.6 Å². The molecule has 0 atom stereocenters. The molecule has 0 N–H and O–H groups in total. The summed E-state index contributed by atoms with van der Waals surface area (Å²) in [5.41, 5.74) is 0. The van der Waals surface area contributed by atoms with Crippen LogP contribution in [0.4, 0.5) is 8.78 Å². The monoisotopic (exact) mass is 320 g/mol. The zero-order chi connectivity index (χ0) is 12.4. The smallest absolute Gasteiger partial charge is 0.238 e. The van der Waals surface area contributed by atoms with Crippen LogP contribution in [-0.4, -0.2) is 9.97 Å². The molecule has 2 rings (SSSR count). The van der Waals surface area contributed by atoms with Crippen molar-refractivity contribution in [3.63, 3.8) is 0 Å². The Morgan fingerprint density at radius 1 is 1.24 bits per heavy atom. The summed E-state index contributed by atoms with van der Waals surface area (Å²) in [6, 6.07) is 2.86. The molecule has 0 spiro atoms. The summed E-state index contributed by atoms with van der Waals surface area (Å²) in [4.78, 5) is 7.43. The first-order chi connectivity index (χ1) is 8.08. The molecule has 0 bridgehead atoms. The van der Waals surface area contributed by atoms with Crippen molar-refractivity contribution in [2.75, 3.05) is 0 Å². The lowest BCUT2D eigenvalue weighted by atomic mass is 10.3. The minimum Gasteiger partial charge on any atom is -0.435 e. The lowest BCUT2D eigenvalue weighted by Gasteiger charge is -2.07. The van der Waals surface area contributed by atoms with Crippen molar-refractivity contribution in [2.24, 2.45) is 0 Å². The lowest BCUT2D eigenvalue weighted by molar-refractivity contribution is 0.419. The summed E-state index contributed by atoms with van der Waals surface area (Å²) in [6.07, 6.45) is 1.15. The Kier molecular flexibility index (Phi) is 3.54. The van der Waals surface area contributed by atoms with E-state index in [0.717, 1.165) is 24.5 Å². The number of aromatic nitrogens is 2. The van der Waals surface area contributed by atoms with Gasteiger partial charge in [-0.2, -0.15) is 0 Å². The summed E-state index contributed by atoms with van der Waals surface area (Å²) in [7, 11) is 0. The zero-order valence-corrected chi connectivity index (χ0v) is 10.5. The molecular formula is C10H4BrClF2N2O. The van der Waals surface area contributed by atoms with E-state index in [2.05, 4.69) is 25.9 Å². The van der Waals surface area contributed by atoms with Crippen molar-refractivity contribution in [3.8, 4) is 11.6 Å². The van der Waals surface area contributed by atoms with E-state index in [1.807, 2.05) is 0 Å². The van der Waals surface area contributed by atoms with Crippen LogP contribution >= 0.6 is 27.5 Å². The van der Waals surface area contributed by atoms with Gasteiger partial charge in [0.2, 0.25) is 5.88 Å². The second-order valence-corrected chi connectivity index (χ2v) is 4.11. The summed E-state index contributed by atoms with van der Waals surface area (Å²) in [5.74, 6) is -1.58. The molecule has 0 saturated carbocycles. The van der Waals surface area contributed by atoms with E-state index in [9.17, 15) is 8.78 Å². The van der Waals surface area contributed by atoms with Crippen LogP contribution in [0.15, 0.2) is 29.0 Å². The largest absolute Gasteiger partial charge is 0.435 e. The zero-order valence-electron chi connectivity index (χ0n) is 8.12. The van der Waals surface area contributed by atoms with Gasteiger partial charge in [-0.15, -0.1) is 0 Å². The second kappa shape index (κ2) is 4.93. The maximum Gasteiger partial charge on any atom is 0.238 e. The third-order valence-corrected chi connectivity index (χ3v) is 3.04. The Bertz CT molecular complexity index is 568. The molecule has 0 saturated heterocycles. The van der Waals surface area contributed by atoms with E-state index in [0.29, 0.717) is 0 Å². The van der Waals surface area contributed by atoms with Crippen molar-refractivity contribution in [1.82, 2.24) is 9.97 Å². The Hall–Kier alpha value is -1.27. The number of benzene rings is 1. The topological polar surface area (TPSA) is 35.0 Å². The number of halogens is 4. The standard InChI is InChI=1S/C10H4BrClF2N2O/c11-8-9(12)15-4-16-10(8)17-7-3-5(13)1-2-6(7)14/h1-4H. The molecule has 2 aromatic rings. The van der Waals surface area contributed by atoms with Gasteiger partial charge in [0.25, 0.3) is 0 Å². The molecular weight excluding hydrogens is 317 g/mol. The highest BCUT2D eigenvalue weighted by Crippen LogP contribution is 2.32. The minimum atomic E-state index is -0.701. The fourth-order valence-electron chi connectivity index (χ4n) is 1.06. The summed E-state index contributed by atoms with van der Waals surface area (Å²) < 4.78 is 31.6. The summed E-state index contributed by atoms with van der Waals surface area (Å²) in [6.45, 7) is 0. The van der Waals surface area contributed by atoms with E-state index in [-0.39, 0.29) is 21.3 Å². The van der Waals surface area contributed by atoms with Gasteiger partial charge >= 0.3 is 0 Å². The van der Waals surface area contributed by atoms with Crippen LogP contribution in [-0.2, 0) is 0 Å². The molecule has 0 aliphatic carbocycles. The van der Waals surface area contributed by atoms with Gasteiger partial charge in [-0.3, -0.25) is 0 Å². The molecule has 3 nitrogen and oxygen atoms in total. The molecule has 0 amide bonds. The van der Waals surface area contributed by atoms with E-state index in [4.69, 9.17) is 16.3 Å². The molecule has 88 valence electrons. The van der Waals surface area contributed by atoms with Crippen molar-refractivity contribution in [3.05, 3.63) is 45.8 Å². The maximum absolute atomic E-state index is 13.3. The molecule has 17 heavy (non-hydrogen) atoms. The number of ether oxygens (including phenoxy) is 1. The first-order valence-corrected chi connectivity index (χ1v) is 5.54. The van der Waals surface area contributed by atoms with Gasteiger partial charge < -0.3 is 4.74 Å². The quantitative estimate of drug-likeness (QED) is 0.785. The number of nitrogens with zero attached hydrogens (tertiary/aromatic N) is 2. The Morgan fingerprint density at radius 2 is 2.00 bits per heavy atom. The van der Waals surface area contributed by atoms with Crippen LogP contribution in [0.2, 0.25) is 5.15 Å². The predicted octanol–water partition coefficient (Wildman–Crippen LogP) is 3.96.